The van der Waals surface area contributed by atoms with Crippen molar-refractivity contribution >= 4 is 22.3 Å². The van der Waals surface area contributed by atoms with Crippen molar-refractivity contribution in [3.05, 3.63) is 24.3 Å². The Morgan fingerprint density at radius 3 is 2.40 bits per heavy atom. The molecule has 108 valence electrons. The van der Waals surface area contributed by atoms with Crippen molar-refractivity contribution in [3.63, 3.8) is 0 Å². The van der Waals surface area contributed by atoms with Crippen LogP contribution in [0.5, 0.6) is 5.75 Å². The Bertz CT molecular complexity index is 520. The number of hydrogen-bond acceptors (Lipinski definition) is 3. The van der Waals surface area contributed by atoms with Crippen LogP contribution in [0.3, 0.4) is 0 Å². The summed E-state index contributed by atoms with van der Waals surface area (Å²) >= 11 is 0. The fourth-order valence-corrected chi connectivity index (χ4v) is 2.67. The molecule has 0 radical (unpaired) electrons. The van der Waals surface area contributed by atoms with Crippen LogP contribution in [0.25, 0.3) is 0 Å². The maximum atomic E-state index is 12.5. The predicted octanol–water partition coefficient (Wildman–Crippen LogP) is -1.05. The van der Waals surface area contributed by atoms with Crippen LogP contribution in [0.2, 0.25) is 0 Å². The standard InChI is InChI=1S/C11H15BF3O3S.K/c1-2-7-19(16,17)8-6-18-11-5-3-4-10(9-11)12(13,14)15;/h3-5,9H,2,6-8H2,1H3;/q-1;+1. The van der Waals surface area contributed by atoms with Gasteiger partial charge in [0.1, 0.15) is 12.4 Å². The molecule has 9 heteroatoms. The van der Waals surface area contributed by atoms with Crippen molar-refractivity contribution in [1.82, 2.24) is 0 Å². The van der Waals surface area contributed by atoms with Gasteiger partial charge in [-0.15, -0.1) is 5.46 Å². The molecule has 3 nitrogen and oxygen atoms in total. The van der Waals surface area contributed by atoms with E-state index in [1.54, 1.807) is 6.92 Å². The third-order valence-electron chi connectivity index (χ3n) is 2.41. The van der Waals surface area contributed by atoms with Crippen LogP contribution in [-0.2, 0) is 9.84 Å². The van der Waals surface area contributed by atoms with Gasteiger partial charge in [0.05, 0.1) is 11.5 Å². The summed E-state index contributed by atoms with van der Waals surface area (Å²) in [6.07, 6.45) is 0.508. The first-order valence-corrected chi connectivity index (χ1v) is 7.70. The largest absolute Gasteiger partial charge is 1.00 e. The predicted molar refractivity (Wildman–Crippen MR) is 69.6 cm³/mol. The van der Waals surface area contributed by atoms with E-state index in [2.05, 4.69) is 0 Å². The van der Waals surface area contributed by atoms with Gasteiger partial charge in [-0.3, -0.25) is 0 Å². The molecule has 1 aromatic carbocycles. The zero-order valence-electron chi connectivity index (χ0n) is 11.5. The van der Waals surface area contributed by atoms with Gasteiger partial charge in [-0.1, -0.05) is 19.1 Å². The summed E-state index contributed by atoms with van der Waals surface area (Å²) in [5.41, 5.74) is -0.756. The third-order valence-corrected chi connectivity index (χ3v) is 4.23. The zero-order chi connectivity index (χ0) is 14.5. The molecular weight excluding hydrogens is 319 g/mol. The van der Waals surface area contributed by atoms with Crippen LogP contribution in [0.4, 0.5) is 12.9 Å². The van der Waals surface area contributed by atoms with Crippen LogP contribution in [-0.4, -0.2) is 33.5 Å². The first kappa shape index (κ1) is 20.5. The van der Waals surface area contributed by atoms with E-state index in [4.69, 9.17) is 4.74 Å². The maximum Gasteiger partial charge on any atom is 1.00 e. The molecule has 0 bridgehead atoms. The summed E-state index contributed by atoms with van der Waals surface area (Å²) in [5, 5.41) is 0. The summed E-state index contributed by atoms with van der Waals surface area (Å²) in [6, 6.07) is 4.45. The van der Waals surface area contributed by atoms with Gasteiger partial charge in [-0.05, 0) is 18.6 Å². The van der Waals surface area contributed by atoms with Gasteiger partial charge in [-0.25, -0.2) is 8.42 Å². The van der Waals surface area contributed by atoms with Crippen molar-refractivity contribution in [3.8, 4) is 5.75 Å². The van der Waals surface area contributed by atoms with E-state index in [9.17, 15) is 21.4 Å². The van der Waals surface area contributed by atoms with Crippen molar-refractivity contribution in [1.29, 1.82) is 0 Å². The van der Waals surface area contributed by atoms with E-state index in [1.807, 2.05) is 0 Å². The number of halogens is 3. The fourth-order valence-electron chi connectivity index (χ4n) is 1.51. The van der Waals surface area contributed by atoms with Crippen molar-refractivity contribution in [2.24, 2.45) is 0 Å². The first-order chi connectivity index (χ1) is 8.74. The second-order valence-corrected chi connectivity index (χ2v) is 6.45. The van der Waals surface area contributed by atoms with Crippen LogP contribution < -0.4 is 61.6 Å². The second-order valence-electron chi connectivity index (χ2n) is 4.15. The number of sulfone groups is 1. The van der Waals surface area contributed by atoms with E-state index in [-0.39, 0.29) is 75.2 Å². The summed E-state index contributed by atoms with van der Waals surface area (Å²) in [5.74, 6) is -0.104. The fraction of sp³-hybridized carbons (Fsp3) is 0.455. The Morgan fingerprint density at radius 2 is 1.85 bits per heavy atom. The van der Waals surface area contributed by atoms with Gasteiger partial charge < -0.3 is 17.7 Å². The topological polar surface area (TPSA) is 43.4 Å². The molecule has 0 aliphatic rings. The van der Waals surface area contributed by atoms with E-state index in [0.29, 0.717) is 6.42 Å². The van der Waals surface area contributed by atoms with Gasteiger partial charge in [0.25, 0.3) is 0 Å². The van der Waals surface area contributed by atoms with E-state index >= 15 is 0 Å². The summed E-state index contributed by atoms with van der Waals surface area (Å²) in [6.45, 7) is -3.47. The van der Waals surface area contributed by atoms with E-state index < -0.39 is 22.3 Å². The monoisotopic (exact) mass is 334 g/mol. The van der Waals surface area contributed by atoms with E-state index in [1.165, 1.54) is 12.1 Å². The van der Waals surface area contributed by atoms with Crippen molar-refractivity contribution in [2.75, 3.05) is 18.1 Å². The second kappa shape index (κ2) is 8.80. The number of benzene rings is 1. The van der Waals surface area contributed by atoms with Crippen LogP contribution in [0.1, 0.15) is 13.3 Å². The van der Waals surface area contributed by atoms with E-state index in [0.717, 1.165) is 12.1 Å². The van der Waals surface area contributed by atoms with Crippen molar-refractivity contribution in [2.45, 2.75) is 13.3 Å². The van der Waals surface area contributed by atoms with Crippen LogP contribution in [0, 0.1) is 0 Å². The molecule has 0 saturated heterocycles. The summed E-state index contributed by atoms with van der Waals surface area (Å²) < 4.78 is 65.3. The number of rotatable bonds is 7. The smallest absolute Gasteiger partial charge is 0.493 e. The average Bonchev–Trinajstić information content (AvgIpc) is 2.28. The molecule has 0 unspecified atom stereocenters. The Hall–Kier alpha value is 0.461. The number of hydrogen-bond donors (Lipinski definition) is 0. The molecule has 0 aliphatic carbocycles. The molecular formula is C11H15BF3KO3S. The molecule has 0 saturated carbocycles. The van der Waals surface area contributed by atoms with Crippen molar-refractivity contribution < 1.29 is 77.5 Å². The molecule has 0 fully saturated rings. The Balaban J connectivity index is 0.00000361. The zero-order valence-corrected chi connectivity index (χ0v) is 15.4. The molecule has 20 heavy (non-hydrogen) atoms. The average molecular weight is 334 g/mol. The maximum absolute atomic E-state index is 12.5. The van der Waals surface area contributed by atoms with Gasteiger partial charge >= 0.3 is 58.4 Å². The Morgan fingerprint density at radius 1 is 1.20 bits per heavy atom. The molecule has 1 rings (SSSR count). The van der Waals surface area contributed by atoms with Crippen LogP contribution >= 0.6 is 0 Å². The minimum Gasteiger partial charge on any atom is -0.493 e. The molecule has 0 atom stereocenters. The molecule has 0 amide bonds. The molecule has 0 aromatic heterocycles. The Labute approximate surface area is 159 Å². The molecule has 0 N–H and O–H groups in total. The normalized spacial score (nSPS) is 11.8. The van der Waals surface area contributed by atoms with Crippen LogP contribution in [0.15, 0.2) is 24.3 Å². The molecule has 0 heterocycles. The van der Waals surface area contributed by atoms with Gasteiger partial charge in [0.15, 0.2) is 9.84 Å². The quantitative estimate of drug-likeness (QED) is 0.598. The SMILES string of the molecule is CCCS(=O)(=O)CCOc1cccc([B-](F)(F)F)c1.[K+]. The number of ether oxygens (including phenoxy) is 1. The van der Waals surface area contributed by atoms with Gasteiger partial charge in [-0.2, -0.15) is 0 Å². The molecule has 0 spiro atoms. The molecule has 1 aromatic rings. The minimum absolute atomic E-state index is 0. The third kappa shape index (κ3) is 7.46. The molecule has 0 aliphatic heterocycles. The first-order valence-electron chi connectivity index (χ1n) is 5.88. The summed E-state index contributed by atoms with van der Waals surface area (Å²) in [7, 11) is -3.18. The summed E-state index contributed by atoms with van der Waals surface area (Å²) in [4.78, 5) is 0. The Kier molecular flexibility index (Phi) is 9.00. The van der Waals surface area contributed by atoms with Gasteiger partial charge in [0, 0.05) is 0 Å². The minimum atomic E-state index is -5.07. The van der Waals surface area contributed by atoms with Gasteiger partial charge in [0.2, 0.25) is 0 Å².